The summed E-state index contributed by atoms with van der Waals surface area (Å²) in [5.41, 5.74) is 0. The minimum atomic E-state index is -0.655. The van der Waals surface area contributed by atoms with Crippen molar-refractivity contribution in [3.05, 3.63) is 0 Å². The topological polar surface area (TPSA) is 37.3 Å². The average Bonchev–Trinajstić information content (AvgIpc) is 2.30. The molecule has 2 nitrogen and oxygen atoms in total. The van der Waals surface area contributed by atoms with Gasteiger partial charge in [-0.2, -0.15) is 0 Å². The van der Waals surface area contributed by atoms with Crippen LogP contribution in [0.4, 0.5) is 0 Å². The summed E-state index contributed by atoms with van der Waals surface area (Å²) in [6, 6.07) is 0. The fraction of sp³-hybridized carbons (Fsp3) is 0.933. The molecule has 0 rings (SSSR count). The molecule has 0 aliphatic carbocycles. The van der Waals surface area contributed by atoms with Gasteiger partial charge in [0.15, 0.2) is 0 Å². The second-order valence-corrected chi connectivity index (χ2v) is 5.03. The zero-order valence-corrected chi connectivity index (χ0v) is 11.5. The Bertz CT molecular complexity index is 172. The molecule has 0 aliphatic heterocycles. The number of carboxylic acid groups (broad SMARTS) is 1. The van der Waals surface area contributed by atoms with E-state index in [0.29, 0.717) is 6.42 Å². The van der Waals surface area contributed by atoms with Gasteiger partial charge >= 0.3 is 35.5 Å². The van der Waals surface area contributed by atoms with Crippen molar-refractivity contribution in [1.29, 1.82) is 0 Å². The van der Waals surface area contributed by atoms with Gasteiger partial charge in [0.25, 0.3) is 0 Å². The zero-order valence-electron chi connectivity index (χ0n) is 11.5. The molecule has 104 valence electrons. The molecule has 0 spiro atoms. The summed E-state index contributed by atoms with van der Waals surface area (Å²) in [5, 5.41) is 8.47. The van der Waals surface area contributed by atoms with Gasteiger partial charge < -0.3 is 5.11 Å². The van der Waals surface area contributed by atoms with Crippen LogP contribution in [-0.2, 0) is 4.79 Å². The van der Waals surface area contributed by atoms with E-state index in [4.69, 9.17) is 5.11 Å². The Balaban J connectivity index is 0. The molecule has 0 aliphatic rings. The first-order valence-electron chi connectivity index (χ1n) is 7.49. The second kappa shape index (κ2) is 17.5. The van der Waals surface area contributed by atoms with Crippen LogP contribution in [0, 0.1) is 0 Å². The van der Waals surface area contributed by atoms with Gasteiger partial charge in [0, 0.05) is 6.42 Å². The van der Waals surface area contributed by atoms with E-state index in [2.05, 4.69) is 6.92 Å². The molecule has 0 saturated carbocycles. The Kier molecular flexibility index (Phi) is 20.2. The number of hydrogen-bond donors (Lipinski definition) is 1. The van der Waals surface area contributed by atoms with Crippen molar-refractivity contribution in [3.63, 3.8) is 0 Å². The van der Waals surface area contributed by atoms with Crippen LogP contribution in [0.2, 0.25) is 0 Å². The standard InChI is InChI=1S/C15H30O2.Na.H/c1-2-3-4-5-6-7-8-9-10-11-12-13-14-15(16)17;;/h2-14H2,1H3,(H,16,17);;. The molecule has 0 aromatic heterocycles. The molecule has 1 N–H and O–H groups in total. The monoisotopic (exact) mass is 266 g/mol. The van der Waals surface area contributed by atoms with Crippen LogP contribution >= 0.6 is 0 Å². The first-order chi connectivity index (χ1) is 8.27. The number of carboxylic acids is 1. The van der Waals surface area contributed by atoms with Gasteiger partial charge in [-0.15, -0.1) is 0 Å². The summed E-state index contributed by atoms with van der Waals surface area (Å²) in [5.74, 6) is -0.655. The molecule has 18 heavy (non-hydrogen) atoms. The van der Waals surface area contributed by atoms with E-state index in [-0.39, 0.29) is 29.6 Å². The van der Waals surface area contributed by atoms with Gasteiger partial charge in [0.1, 0.15) is 0 Å². The number of rotatable bonds is 13. The van der Waals surface area contributed by atoms with Crippen LogP contribution in [0.3, 0.4) is 0 Å². The van der Waals surface area contributed by atoms with Crippen LogP contribution in [0.15, 0.2) is 0 Å². The van der Waals surface area contributed by atoms with Crippen molar-refractivity contribution in [2.45, 2.75) is 90.4 Å². The number of hydrogen-bond acceptors (Lipinski definition) is 1. The van der Waals surface area contributed by atoms with Gasteiger partial charge in [0.05, 0.1) is 0 Å². The quantitative estimate of drug-likeness (QED) is 0.393. The minimum absolute atomic E-state index is 0. The summed E-state index contributed by atoms with van der Waals surface area (Å²) >= 11 is 0. The molecule has 0 amide bonds. The molecule has 0 unspecified atom stereocenters. The number of aliphatic carboxylic acids is 1. The van der Waals surface area contributed by atoms with E-state index in [9.17, 15) is 4.79 Å². The zero-order chi connectivity index (χ0) is 12.8. The molecular formula is C15H31NaO2. The SMILES string of the molecule is CCCCCCCCCCCCCCC(=O)O.[NaH]. The molecule has 0 radical (unpaired) electrons. The average molecular weight is 266 g/mol. The van der Waals surface area contributed by atoms with Crippen LogP contribution < -0.4 is 0 Å². The third-order valence-corrected chi connectivity index (χ3v) is 3.24. The third kappa shape index (κ3) is 18.8. The molecule has 0 aromatic carbocycles. The Labute approximate surface area is 135 Å². The van der Waals surface area contributed by atoms with E-state index in [1.165, 1.54) is 64.2 Å². The Morgan fingerprint density at radius 3 is 1.39 bits per heavy atom. The van der Waals surface area contributed by atoms with Crippen molar-refractivity contribution in [2.75, 3.05) is 0 Å². The van der Waals surface area contributed by atoms with Gasteiger partial charge in [0.2, 0.25) is 0 Å². The van der Waals surface area contributed by atoms with Crippen molar-refractivity contribution >= 4 is 35.5 Å². The first kappa shape index (κ1) is 20.8. The van der Waals surface area contributed by atoms with E-state index in [0.717, 1.165) is 12.8 Å². The predicted octanol–water partition coefficient (Wildman–Crippen LogP) is 4.51. The first-order valence-corrected chi connectivity index (χ1v) is 7.49. The maximum atomic E-state index is 10.3. The van der Waals surface area contributed by atoms with Crippen LogP contribution in [0.1, 0.15) is 90.4 Å². The van der Waals surface area contributed by atoms with Gasteiger partial charge in [-0.25, -0.2) is 0 Å². The van der Waals surface area contributed by atoms with Crippen molar-refractivity contribution in [2.24, 2.45) is 0 Å². The van der Waals surface area contributed by atoms with Gasteiger partial charge in [-0.05, 0) is 6.42 Å². The number of carbonyl (C=O) groups is 1. The van der Waals surface area contributed by atoms with Crippen molar-refractivity contribution < 1.29 is 9.90 Å². The van der Waals surface area contributed by atoms with E-state index in [1.54, 1.807) is 0 Å². The third-order valence-electron chi connectivity index (χ3n) is 3.24. The van der Waals surface area contributed by atoms with Crippen molar-refractivity contribution in [1.82, 2.24) is 0 Å². The van der Waals surface area contributed by atoms with Gasteiger partial charge in [-0.3, -0.25) is 4.79 Å². The Morgan fingerprint density at radius 2 is 1.06 bits per heavy atom. The molecule has 0 fully saturated rings. The molecule has 0 saturated heterocycles. The van der Waals surface area contributed by atoms with Crippen molar-refractivity contribution in [3.8, 4) is 0 Å². The maximum absolute atomic E-state index is 10.3. The fourth-order valence-electron chi connectivity index (χ4n) is 2.12. The summed E-state index contributed by atoms with van der Waals surface area (Å²) in [6.07, 6.45) is 15.8. The van der Waals surface area contributed by atoms with E-state index in [1.807, 2.05) is 0 Å². The Hall–Kier alpha value is 0.470. The summed E-state index contributed by atoms with van der Waals surface area (Å²) in [7, 11) is 0. The number of unbranched alkanes of at least 4 members (excludes halogenated alkanes) is 11. The van der Waals surface area contributed by atoms with Crippen LogP contribution in [0.5, 0.6) is 0 Å². The molecule has 3 heteroatoms. The molecule has 0 heterocycles. The summed E-state index contributed by atoms with van der Waals surface area (Å²) < 4.78 is 0. The van der Waals surface area contributed by atoms with E-state index < -0.39 is 5.97 Å². The predicted molar refractivity (Wildman–Crippen MR) is 80.5 cm³/mol. The molecular weight excluding hydrogens is 235 g/mol. The molecule has 0 aromatic rings. The van der Waals surface area contributed by atoms with E-state index >= 15 is 0 Å². The van der Waals surface area contributed by atoms with Crippen LogP contribution in [-0.4, -0.2) is 40.6 Å². The summed E-state index contributed by atoms with van der Waals surface area (Å²) in [4.78, 5) is 10.3. The molecule has 0 atom stereocenters. The fourth-order valence-corrected chi connectivity index (χ4v) is 2.12. The Morgan fingerprint density at radius 1 is 0.722 bits per heavy atom. The molecule has 0 bridgehead atoms. The van der Waals surface area contributed by atoms with Gasteiger partial charge in [-0.1, -0.05) is 77.6 Å². The normalized spacial score (nSPS) is 10.1. The summed E-state index contributed by atoms with van der Waals surface area (Å²) in [6.45, 7) is 2.25. The second-order valence-electron chi connectivity index (χ2n) is 5.03. The van der Waals surface area contributed by atoms with Crippen LogP contribution in [0.25, 0.3) is 0 Å².